The summed E-state index contributed by atoms with van der Waals surface area (Å²) in [4.78, 5) is 23.7. The molecule has 0 radical (unpaired) electrons. The Hall–Kier alpha value is -3.54. The minimum atomic E-state index is -0.352. The summed E-state index contributed by atoms with van der Waals surface area (Å²) in [5.41, 5.74) is 2.38. The van der Waals surface area contributed by atoms with Gasteiger partial charge in [-0.2, -0.15) is 0 Å². The number of hydrogen-bond donors (Lipinski definition) is 2. The van der Waals surface area contributed by atoms with Gasteiger partial charge < -0.3 is 19.8 Å². The first-order valence-electron chi connectivity index (χ1n) is 8.53. The molecule has 0 aliphatic heterocycles. The number of nitrogens with one attached hydrogen (secondary N) is 2. The minimum absolute atomic E-state index is 0.103. The van der Waals surface area contributed by atoms with Gasteiger partial charge in [-0.25, -0.2) is 0 Å². The Bertz CT molecular complexity index is 876. The van der Waals surface area contributed by atoms with Gasteiger partial charge in [-0.3, -0.25) is 9.59 Å². The van der Waals surface area contributed by atoms with Crippen LogP contribution >= 0.6 is 0 Å². The van der Waals surface area contributed by atoms with E-state index in [1.54, 1.807) is 0 Å². The standard InChI is InChI=1S/C21H20N2O4/c24-20(13-23-21(25)18-9-10-26-15-18)22-12-17-7-4-8-19(11-17)27-14-16-5-2-1-3-6-16/h1-11,15H,12-14H2,(H,22,24)(H,23,25). The normalized spacial score (nSPS) is 10.2. The molecular weight excluding hydrogens is 344 g/mol. The fraction of sp³-hybridized carbons (Fsp3) is 0.143. The predicted molar refractivity (Wildman–Crippen MR) is 100 cm³/mol. The largest absolute Gasteiger partial charge is 0.489 e. The average Bonchev–Trinajstić information content (AvgIpc) is 3.25. The van der Waals surface area contributed by atoms with Crippen molar-refractivity contribution in [3.63, 3.8) is 0 Å². The number of benzene rings is 2. The van der Waals surface area contributed by atoms with Crippen molar-refractivity contribution in [2.45, 2.75) is 13.2 Å². The average molecular weight is 364 g/mol. The molecular formula is C21H20N2O4. The SMILES string of the molecule is O=C(CNC(=O)c1ccoc1)NCc1cccc(OCc2ccccc2)c1. The molecule has 3 aromatic rings. The second-order valence-corrected chi connectivity index (χ2v) is 5.89. The highest BCUT2D eigenvalue weighted by Crippen LogP contribution is 2.15. The molecule has 0 fully saturated rings. The zero-order valence-electron chi connectivity index (χ0n) is 14.7. The Labute approximate surface area is 157 Å². The quantitative estimate of drug-likeness (QED) is 0.644. The molecule has 0 bridgehead atoms. The summed E-state index contributed by atoms with van der Waals surface area (Å²) in [6.07, 6.45) is 2.73. The molecule has 2 aromatic carbocycles. The smallest absolute Gasteiger partial charge is 0.254 e. The molecule has 2 N–H and O–H groups in total. The lowest BCUT2D eigenvalue weighted by molar-refractivity contribution is -0.120. The van der Waals surface area contributed by atoms with Gasteiger partial charge in [0.05, 0.1) is 18.4 Å². The lowest BCUT2D eigenvalue weighted by Gasteiger charge is -2.09. The summed E-state index contributed by atoms with van der Waals surface area (Å²) >= 11 is 0. The van der Waals surface area contributed by atoms with Crippen molar-refractivity contribution >= 4 is 11.8 Å². The summed E-state index contributed by atoms with van der Waals surface area (Å²) in [7, 11) is 0. The van der Waals surface area contributed by atoms with Crippen molar-refractivity contribution in [2.75, 3.05) is 6.54 Å². The molecule has 6 heteroatoms. The first-order valence-corrected chi connectivity index (χ1v) is 8.53. The zero-order valence-corrected chi connectivity index (χ0v) is 14.7. The van der Waals surface area contributed by atoms with Crippen molar-refractivity contribution in [3.8, 4) is 5.75 Å². The van der Waals surface area contributed by atoms with E-state index in [0.717, 1.165) is 16.9 Å². The molecule has 0 aliphatic carbocycles. The van der Waals surface area contributed by atoms with Gasteiger partial charge >= 0.3 is 0 Å². The minimum Gasteiger partial charge on any atom is -0.489 e. The maximum absolute atomic E-state index is 11.9. The maximum Gasteiger partial charge on any atom is 0.254 e. The highest BCUT2D eigenvalue weighted by Gasteiger charge is 2.09. The summed E-state index contributed by atoms with van der Waals surface area (Å²) in [6, 6.07) is 19.0. The third-order valence-corrected chi connectivity index (χ3v) is 3.83. The van der Waals surface area contributed by atoms with Crippen LogP contribution in [0, 0.1) is 0 Å². The van der Waals surface area contributed by atoms with Gasteiger partial charge in [-0.15, -0.1) is 0 Å². The number of rotatable bonds is 8. The lowest BCUT2D eigenvalue weighted by Crippen LogP contribution is -2.36. The maximum atomic E-state index is 11.9. The van der Waals surface area contributed by atoms with Crippen molar-refractivity contribution < 1.29 is 18.7 Å². The van der Waals surface area contributed by atoms with Crippen LogP contribution in [0.4, 0.5) is 0 Å². The summed E-state index contributed by atoms with van der Waals surface area (Å²) in [5, 5.41) is 5.30. The third-order valence-electron chi connectivity index (χ3n) is 3.83. The van der Waals surface area contributed by atoms with Crippen LogP contribution in [0.25, 0.3) is 0 Å². The van der Waals surface area contributed by atoms with Crippen molar-refractivity contribution in [3.05, 3.63) is 89.9 Å². The number of carbonyl (C=O) groups excluding carboxylic acids is 2. The van der Waals surface area contributed by atoms with Crippen LogP contribution in [0.5, 0.6) is 5.75 Å². The lowest BCUT2D eigenvalue weighted by atomic mass is 10.2. The van der Waals surface area contributed by atoms with Gasteiger partial charge in [0.1, 0.15) is 18.6 Å². The molecule has 6 nitrogen and oxygen atoms in total. The first-order chi connectivity index (χ1) is 13.2. The predicted octanol–water partition coefficient (Wildman–Crippen LogP) is 2.90. The van der Waals surface area contributed by atoms with Crippen LogP contribution in [0.1, 0.15) is 21.5 Å². The molecule has 0 aliphatic rings. The zero-order chi connectivity index (χ0) is 18.9. The molecule has 0 spiro atoms. The van der Waals surface area contributed by atoms with E-state index in [4.69, 9.17) is 9.15 Å². The van der Waals surface area contributed by atoms with Gasteiger partial charge in [-0.05, 0) is 29.3 Å². The number of furan rings is 1. The fourth-order valence-corrected chi connectivity index (χ4v) is 2.41. The Morgan fingerprint density at radius 3 is 2.52 bits per heavy atom. The molecule has 0 unspecified atom stereocenters. The number of hydrogen-bond acceptors (Lipinski definition) is 4. The van der Waals surface area contributed by atoms with E-state index >= 15 is 0 Å². The molecule has 0 saturated carbocycles. The molecule has 2 amide bonds. The monoisotopic (exact) mass is 364 g/mol. The second kappa shape index (κ2) is 9.24. The van der Waals surface area contributed by atoms with Crippen LogP contribution in [0.2, 0.25) is 0 Å². The summed E-state index contributed by atoms with van der Waals surface area (Å²) in [5.74, 6) is 0.108. The molecule has 138 valence electrons. The van der Waals surface area contributed by atoms with Crippen LogP contribution in [-0.2, 0) is 17.9 Å². The number of carbonyl (C=O) groups is 2. The van der Waals surface area contributed by atoms with E-state index < -0.39 is 0 Å². The molecule has 0 saturated heterocycles. The van der Waals surface area contributed by atoms with Gasteiger partial charge in [0, 0.05) is 6.54 Å². The van der Waals surface area contributed by atoms with Crippen LogP contribution < -0.4 is 15.4 Å². The van der Waals surface area contributed by atoms with Crippen LogP contribution in [0.15, 0.2) is 77.6 Å². The Morgan fingerprint density at radius 2 is 1.74 bits per heavy atom. The van der Waals surface area contributed by atoms with Crippen molar-refractivity contribution in [1.29, 1.82) is 0 Å². The molecule has 1 heterocycles. The van der Waals surface area contributed by atoms with E-state index in [1.807, 2.05) is 54.6 Å². The third kappa shape index (κ3) is 5.74. The molecule has 0 atom stereocenters. The summed E-state index contributed by atoms with van der Waals surface area (Å²) in [6.45, 7) is 0.730. The molecule has 27 heavy (non-hydrogen) atoms. The highest BCUT2D eigenvalue weighted by atomic mass is 16.5. The van der Waals surface area contributed by atoms with Crippen molar-refractivity contribution in [2.24, 2.45) is 0 Å². The van der Waals surface area contributed by atoms with Gasteiger partial charge in [0.15, 0.2) is 0 Å². The first kappa shape index (κ1) is 18.3. The van der Waals surface area contributed by atoms with E-state index in [0.29, 0.717) is 18.7 Å². The highest BCUT2D eigenvalue weighted by molar-refractivity contribution is 5.96. The molecule has 1 aromatic heterocycles. The number of ether oxygens (including phenoxy) is 1. The Balaban J connectivity index is 1.43. The van der Waals surface area contributed by atoms with E-state index in [2.05, 4.69) is 10.6 Å². The summed E-state index contributed by atoms with van der Waals surface area (Å²) < 4.78 is 10.6. The molecule has 3 rings (SSSR count). The van der Waals surface area contributed by atoms with E-state index in [9.17, 15) is 9.59 Å². The van der Waals surface area contributed by atoms with Gasteiger partial charge in [0.2, 0.25) is 5.91 Å². The van der Waals surface area contributed by atoms with Crippen LogP contribution in [0.3, 0.4) is 0 Å². The van der Waals surface area contributed by atoms with Crippen molar-refractivity contribution in [1.82, 2.24) is 10.6 Å². The van der Waals surface area contributed by atoms with E-state index in [-0.39, 0.29) is 18.4 Å². The second-order valence-electron chi connectivity index (χ2n) is 5.89. The fourth-order valence-electron chi connectivity index (χ4n) is 2.41. The van der Waals surface area contributed by atoms with E-state index in [1.165, 1.54) is 18.6 Å². The topological polar surface area (TPSA) is 80.6 Å². The Kier molecular flexibility index (Phi) is 6.25. The number of amides is 2. The van der Waals surface area contributed by atoms with Gasteiger partial charge in [-0.1, -0.05) is 42.5 Å². The van der Waals surface area contributed by atoms with Gasteiger partial charge in [0.25, 0.3) is 5.91 Å². The van der Waals surface area contributed by atoms with Crippen LogP contribution in [-0.4, -0.2) is 18.4 Å². The Morgan fingerprint density at radius 1 is 0.926 bits per heavy atom.